The van der Waals surface area contributed by atoms with Gasteiger partial charge in [-0.25, -0.2) is 8.42 Å². The van der Waals surface area contributed by atoms with E-state index in [1.165, 1.54) is 0 Å². The van der Waals surface area contributed by atoms with Crippen LogP contribution in [0.1, 0.15) is 19.8 Å². The highest BCUT2D eigenvalue weighted by Crippen LogP contribution is 2.23. The number of aliphatic imine (C=N–C) groups is 1. The molecule has 3 N–H and O–H groups in total. The van der Waals surface area contributed by atoms with Crippen molar-refractivity contribution in [3.05, 3.63) is 30.3 Å². The van der Waals surface area contributed by atoms with Gasteiger partial charge in [-0.2, -0.15) is 4.31 Å². The van der Waals surface area contributed by atoms with Gasteiger partial charge in [-0.1, -0.05) is 18.2 Å². The zero-order chi connectivity index (χ0) is 18.3. The topological polar surface area (TPSA) is 97.0 Å². The molecule has 1 unspecified atom stereocenters. The average Bonchev–Trinajstić information content (AvgIpc) is 2.61. The van der Waals surface area contributed by atoms with Crippen molar-refractivity contribution in [1.82, 2.24) is 9.62 Å². The second-order valence-corrected chi connectivity index (χ2v) is 8.33. The number of piperidine rings is 1. The van der Waals surface area contributed by atoms with E-state index >= 15 is 0 Å². The van der Waals surface area contributed by atoms with Gasteiger partial charge in [-0.15, -0.1) is 0 Å². The van der Waals surface area contributed by atoms with Gasteiger partial charge >= 0.3 is 0 Å². The van der Waals surface area contributed by atoms with Crippen LogP contribution in [-0.2, 0) is 14.8 Å². The standard InChI is InChI=1S/C17H28N4O3S/c1-14(13-24-2)20-17(18)19-12-15-8-10-21(11-9-15)25(22,23)16-6-4-3-5-7-16/h3-7,14-15H,8-13H2,1-2H3,(H3,18,19,20). The van der Waals surface area contributed by atoms with Crippen LogP contribution >= 0.6 is 0 Å². The van der Waals surface area contributed by atoms with E-state index in [-0.39, 0.29) is 6.04 Å². The molecule has 1 saturated heterocycles. The van der Waals surface area contributed by atoms with Crippen LogP contribution in [0.15, 0.2) is 40.2 Å². The van der Waals surface area contributed by atoms with Crippen molar-refractivity contribution in [3.8, 4) is 0 Å². The lowest BCUT2D eigenvalue weighted by atomic mass is 9.98. The van der Waals surface area contributed by atoms with Gasteiger partial charge in [0.1, 0.15) is 0 Å². The van der Waals surface area contributed by atoms with E-state index in [9.17, 15) is 8.42 Å². The molecule has 1 aromatic rings. The lowest BCUT2D eigenvalue weighted by molar-refractivity contribution is 0.179. The summed E-state index contributed by atoms with van der Waals surface area (Å²) in [6.45, 7) is 4.18. The van der Waals surface area contributed by atoms with Gasteiger partial charge in [0.15, 0.2) is 5.96 Å². The maximum atomic E-state index is 12.6. The summed E-state index contributed by atoms with van der Waals surface area (Å²) in [7, 11) is -1.75. The molecule has 2 rings (SSSR count). The Balaban J connectivity index is 1.84. The van der Waals surface area contributed by atoms with Gasteiger partial charge in [0, 0.05) is 32.8 Å². The maximum absolute atomic E-state index is 12.6. The Hall–Kier alpha value is -1.64. The number of hydrogen-bond donors (Lipinski definition) is 2. The highest BCUT2D eigenvalue weighted by atomic mass is 32.2. The second kappa shape index (κ2) is 9.17. The molecule has 0 saturated carbocycles. The largest absolute Gasteiger partial charge is 0.383 e. The lowest BCUT2D eigenvalue weighted by Crippen LogP contribution is -2.42. The molecule has 0 bridgehead atoms. The highest BCUT2D eigenvalue weighted by molar-refractivity contribution is 7.89. The maximum Gasteiger partial charge on any atom is 0.243 e. The molecule has 0 radical (unpaired) electrons. The first-order valence-corrected chi connectivity index (χ1v) is 9.98. The number of benzene rings is 1. The highest BCUT2D eigenvalue weighted by Gasteiger charge is 2.29. The molecule has 1 fully saturated rings. The summed E-state index contributed by atoms with van der Waals surface area (Å²) in [6.07, 6.45) is 1.58. The molecule has 0 aliphatic carbocycles. The van der Waals surface area contributed by atoms with E-state index < -0.39 is 10.0 Å². The van der Waals surface area contributed by atoms with Crippen LogP contribution in [0.4, 0.5) is 0 Å². The molecule has 140 valence electrons. The minimum absolute atomic E-state index is 0.103. The van der Waals surface area contributed by atoms with Crippen molar-refractivity contribution >= 4 is 16.0 Å². The first kappa shape index (κ1) is 19.7. The molecule has 0 spiro atoms. The van der Waals surface area contributed by atoms with E-state index in [2.05, 4.69) is 10.3 Å². The number of nitrogens with zero attached hydrogens (tertiary/aromatic N) is 2. The quantitative estimate of drug-likeness (QED) is 0.553. The number of rotatable bonds is 7. The van der Waals surface area contributed by atoms with Crippen molar-refractivity contribution in [1.29, 1.82) is 0 Å². The number of ether oxygens (including phenoxy) is 1. The van der Waals surface area contributed by atoms with E-state index in [4.69, 9.17) is 10.5 Å². The molecule has 0 amide bonds. The summed E-state index contributed by atoms with van der Waals surface area (Å²) in [6, 6.07) is 8.68. The minimum atomic E-state index is -3.39. The zero-order valence-corrected chi connectivity index (χ0v) is 15.7. The number of sulfonamides is 1. The van der Waals surface area contributed by atoms with Gasteiger partial charge in [-0.3, -0.25) is 4.99 Å². The predicted octanol–water partition coefficient (Wildman–Crippen LogP) is 1.03. The van der Waals surface area contributed by atoms with Gasteiger partial charge in [0.05, 0.1) is 11.5 Å². The van der Waals surface area contributed by atoms with E-state index in [0.29, 0.717) is 43.0 Å². The molecule has 8 heteroatoms. The van der Waals surface area contributed by atoms with Crippen LogP contribution in [0.3, 0.4) is 0 Å². The molecular weight excluding hydrogens is 340 g/mol. The second-order valence-electron chi connectivity index (χ2n) is 6.39. The van der Waals surface area contributed by atoms with Crippen LogP contribution in [0.25, 0.3) is 0 Å². The molecule has 1 atom stereocenters. The van der Waals surface area contributed by atoms with E-state index in [0.717, 1.165) is 12.8 Å². The van der Waals surface area contributed by atoms with E-state index in [1.807, 2.05) is 13.0 Å². The van der Waals surface area contributed by atoms with Crippen molar-refractivity contribution in [2.45, 2.75) is 30.7 Å². The smallest absolute Gasteiger partial charge is 0.243 e. The molecule has 1 aliphatic heterocycles. The first-order valence-electron chi connectivity index (χ1n) is 8.54. The number of guanidine groups is 1. The Morgan fingerprint density at radius 3 is 2.60 bits per heavy atom. The summed E-state index contributed by atoms with van der Waals surface area (Å²) in [5.41, 5.74) is 5.87. The number of methoxy groups -OCH3 is 1. The third-order valence-corrected chi connectivity index (χ3v) is 6.20. The van der Waals surface area contributed by atoms with Crippen LogP contribution in [0, 0.1) is 5.92 Å². The number of nitrogens with one attached hydrogen (secondary N) is 1. The van der Waals surface area contributed by atoms with Crippen molar-refractivity contribution in [2.75, 3.05) is 33.4 Å². The van der Waals surface area contributed by atoms with Crippen LogP contribution in [-0.4, -0.2) is 58.1 Å². The number of hydrogen-bond acceptors (Lipinski definition) is 4. The van der Waals surface area contributed by atoms with Gasteiger partial charge in [0.2, 0.25) is 10.0 Å². The Kier molecular flexibility index (Phi) is 7.22. The Morgan fingerprint density at radius 2 is 2.00 bits per heavy atom. The molecule has 1 aliphatic rings. The fraction of sp³-hybridized carbons (Fsp3) is 0.588. The Labute approximate surface area is 150 Å². The summed E-state index contributed by atoms with van der Waals surface area (Å²) in [5, 5.41) is 3.07. The SMILES string of the molecule is COCC(C)NC(N)=NCC1CCN(S(=O)(=O)c2ccccc2)CC1. The lowest BCUT2D eigenvalue weighted by Gasteiger charge is -2.30. The van der Waals surface area contributed by atoms with Gasteiger partial charge < -0.3 is 15.8 Å². The van der Waals surface area contributed by atoms with Crippen LogP contribution < -0.4 is 11.1 Å². The minimum Gasteiger partial charge on any atom is -0.383 e. The van der Waals surface area contributed by atoms with Gasteiger partial charge in [-0.05, 0) is 37.8 Å². The van der Waals surface area contributed by atoms with Gasteiger partial charge in [0.25, 0.3) is 0 Å². The van der Waals surface area contributed by atoms with Crippen LogP contribution in [0.2, 0.25) is 0 Å². The third-order valence-electron chi connectivity index (χ3n) is 4.29. The predicted molar refractivity (Wildman–Crippen MR) is 98.9 cm³/mol. The molecule has 25 heavy (non-hydrogen) atoms. The van der Waals surface area contributed by atoms with Crippen LogP contribution in [0.5, 0.6) is 0 Å². The van der Waals surface area contributed by atoms with Crippen molar-refractivity contribution < 1.29 is 13.2 Å². The summed E-state index contributed by atoms with van der Waals surface area (Å²) in [4.78, 5) is 4.73. The molecular formula is C17H28N4O3S. The average molecular weight is 369 g/mol. The Bertz CT molecular complexity index is 656. The molecule has 0 aromatic heterocycles. The summed E-state index contributed by atoms with van der Waals surface area (Å²) >= 11 is 0. The monoisotopic (exact) mass is 368 g/mol. The molecule has 7 nitrogen and oxygen atoms in total. The number of nitrogens with two attached hydrogens (primary N) is 1. The normalized spacial score (nSPS) is 18.9. The summed E-state index contributed by atoms with van der Waals surface area (Å²) in [5.74, 6) is 0.754. The Morgan fingerprint density at radius 1 is 1.36 bits per heavy atom. The molecule has 1 aromatic carbocycles. The first-order chi connectivity index (χ1) is 11.9. The fourth-order valence-corrected chi connectivity index (χ4v) is 4.38. The zero-order valence-electron chi connectivity index (χ0n) is 14.9. The van der Waals surface area contributed by atoms with Crippen molar-refractivity contribution in [2.24, 2.45) is 16.6 Å². The fourth-order valence-electron chi connectivity index (χ4n) is 2.89. The van der Waals surface area contributed by atoms with Crippen molar-refractivity contribution in [3.63, 3.8) is 0 Å². The third kappa shape index (κ3) is 5.69. The van der Waals surface area contributed by atoms with E-state index in [1.54, 1.807) is 35.7 Å². The molecule has 1 heterocycles. The summed E-state index contributed by atoms with van der Waals surface area (Å²) < 4.78 is 31.8.